The first-order valence-electron chi connectivity index (χ1n) is 4.83. The second kappa shape index (κ2) is 7.47. The van der Waals surface area contributed by atoms with Crippen LogP contribution in [0.2, 0.25) is 0 Å². The van der Waals surface area contributed by atoms with Gasteiger partial charge in [0, 0.05) is 0 Å². The lowest BCUT2D eigenvalue weighted by atomic mass is 10.5. The second-order valence-corrected chi connectivity index (χ2v) is 12.0. The van der Waals surface area contributed by atoms with E-state index in [1.807, 2.05) is 0 Å². The molecule has 0 aliphatic carbocycles. The molecule has 0 aromatic carbocycles. The van der Waals surface area contributed by atoms with Gasteiger partial charge in [-0.05, 0) is 13.8 Å². The zero-order chi connectivity index (χ0) is 18.6. The summed E-state index contributed by atoms with van der Waals surface area (Å²) in [7, 11) is -15.8. The fourth-order valence-corrected chi connectivity index (χ4v) is 3.65. The summed E-state index contributed by atoms with van der Waals surface area (Å²) in [4.78, 5) is 0. The van der Waals surface area contributed by atoms with Gasteiger partial charge in [0.1, 0.15) is 0 Å². The van der Waals surface area contributed by atoms with Crippen LogP contribution in [0, 0.1) is 0 Å². The molecule has 0 saturated carbocycles. The third kappa shape index (κ3) is 7.77. The van der Waals surface area contributed by atoms with Crippen LogP contribution < -0.4 is 0 Å². The molecule has 0 rings (SSSR count). The van der Waals surface area contributed by atoms with Crippen LogP contribution in [0.5, 0.6) is 0 Å². The summed E-state index contributed by atoms with van der Waals surface area (Å²) >= 11 is 0. The van der Waals surface area contributed by atoms with Crippen molar-refractivity contribution in [3.8, 4) is 0 Å². The van der Waals surface area contributed by atoms with Crippen molar-refractivity contribution >= 4 is 40.5 Å². The van der Waals surface area contributed by atoms with Gasteiger partial charge in [0.2, 0.25) is 9.16 Å². The molecule has 0 aromatic heterocycles. The molecule has 0 radical (unpaired) electrons. The van der Waals surface area contributed by atoms with E-state index >= 15 is 0 Å². The molecule has 16 heteroatoms. The van der Waals surface area contributed by atoms with E-state index in [2.05, 4.69) is 8.37 Å². The van der Waals surface area contributed by atoms with Crippen molar-refractivity contribution in [2.45, 2.75) is 17.9 Å². The molecular weight excluding hydrogens is 392 g/mol. The van der Waals surface area contributed by atoms with Crippen LogP contribution in [0.3, 0.4) is 0 Å². The Morgan fingerprint density at radius 3 is 1.05 bits per heavy atom. The van der Waals surface area contributed by atoms with E-state index in [1.165, 1.54) is 0 Å². The van der Waals surface area contributed by atoms with E-state index in [1.54, 1.807) is 0 Å². The van der Waals surface area contributed by atoms with Crippen molar-refractivity contribution < 1.29 is 51.1 Å². The Morgan fingerprint density at radius 2 is 0.955 bits per heavy atom. The van der Waals surface area contributed by atoms with Gasteiger partial charge in [0.05, 0.1) is 14.2 Å². The lowest BCUT2D eigenvalue weighted by Gasteiger charge is -2.15. The van der Waals surface area contributed by atoms with E-state index < -0.39 is 49.6 Å². The smallest absolute Gasteiger partial charge is 0.284 e. The van der Waals surface area contributed by atoms with Gasteiger partial charge in [0.15, 0.2) is 0 Å². The average molecular weight is 408 g/mol. The number of rotatable bonds is 6. The Balaban J connectivity index is 0. The van der Waals surface area contributed by atoms with Crippen LogP contribution >= 0.6 is 0 Å². The first-order chi connectivity index (χ1) is 9.33. The van der Waals surface area contributed by atoms with Gasteiger partial charge >= 0.3 is 0 Å². The summed E-state index contributed by atoms with van der Waals surface area (Å²) < 4.78 is 105. The molecule has 0 fully saturated rings. The zero-order valence-electron chi connectivity index (χ0n) is 11.8. The molecular formula is C6H16O12S4. The lowest BCUT2D eigenvalue weighted by molar-refractivity contribution is 0.387. The zero-order valence-corrected chi connectivity index (χ0v) is 15.1. The molecule has 0 heterocycles. The van der Waals surface area contributed by atoms with Crippen molar-refractivity contribution in [3.05, 3.63) is 0 Å². The maximum absolute atomic E-state index is 10.5. The van der Waals surface area contributed by atoms with Gasteiger partial charge in [-0.2, -0.15) is 33.7 Å². The normalized spacial score (nSPS) is 14.1. The van der Waals surface area contributed by atoms with Crippen molar-refractivity contribution in [1.29, 1.82) is 0 Å². The molecule has 0 spiro atoms. The summed E-state index contributed by atoms with van der Waals surface area (Å²) in [5, 5.41) is -1.16. The standard InChI is InChI=1S/2C3H8O6S2/c1-8-10(4,5)3-11(6,7)9-2;1-3(2,10(4,5)6)11(7,8)9/h3H2,1-2H3;1-2H3,(H,4,5,6)(H,7,8,9). The summed E-state index contributed by atoms with van der Waals surface area (Å²) in [6.07, 6.45) is 0. The Kier molecular flexibility index (Phi) is 8.12. The Morgan fingerprint density at radius 1 is 0.727 bits per heavy atom. The van der Waals surface area contributed by atoms with E-state index in [4.69, 9.17) is 9.11 Å². The lowest BCUT2D eigenvalue weighted by Crippen LogP contribution is -2.39. The topological polar surface area (TPSA) is 195 Å². The molecule has 0 bridgehead atoms. The van der Waals surface area contributed by atoms with Gasteiger partial charge in [0.25, 0.3) is 40.5 Å². The predicted molar refractivity (Wildman–Crippen MR) is 73.9 cm³/mol. The Bertz CT molecular complexity index is 701. The molecule has 12 nitrogen and oxygen atoms in total. The van der Waals surface area contributed by atoms with Crippen molar-refractivity contribution in [2.75, 3.05) is 19.3 Å². The van der Waals surface area contributed by atoms with E-state index in [9.17, 15) is 33.7 Å². The fourth-order valence-electron chi connectivity index (χ4n) is 0.406. The van der Waals surface area contributed by atoms with Crippen LogP contribution in [0.1, 0.15) is 13.8 Å². The average Bonchev–Trinajstić information content (AvgIpc) is 2.25. The van der Waals surface area contributed by atoms with Gasteiger partial charge < -0.3 is 0 Å². The molecule has 0 aromatic rings. The molecule has 0 unspecified atom stereocenters. The largest absolute Gasteiger partial charge is 0.287 e. The number of hydrogen-bond acceptors (Lipinski definition) is 10. The highest BCUT2D eigenvalue weighted by molar-refractivity contribution is 8.05. The minimum absolute atomic E-state index is 0.678. The molecule has 0 amide bonds. The van der Waals surface area contributed by atoms with Crippen LogP contribution in [0.15, 0.2) is 0 Å². The first-order valence-corrected chi connectivity index (χ1v) is 10.9. The van der Waals surface area contributed by atoms with Crippen molar-refractivity contribution in [2.24, 2.45) is 0 Å². The molecule has 0 aliphatic rings. The van der Waals surface area contributed by atoms with Crippen LogP contribution in [0.25, 0.3) is 0 Å². The summed E-state index contributed by atoms with van der Waals surface area (Å²) in [6, 6.07) is 0. The van der Waals surface area contributed by atoms with Crippen LogP contribution in [0.4, 0.5) is 0 Å². The van der Waals surface area contributed by atoms with Gasteiger partial charge in [-0.25, -0.2) is 0 Å². The van der Waals surface area contributed by atoms with Gasteiger partial charge in [-0.15, -0.1) is 0 Å². The summed E-state index contributed by atoms with van der Waals surface area (Å²) in [6.45, 7) is 1.36. The SMILES string of the molecule is CC(C)(S(=O)(=O)O)S(=O)(=O)O.COS(=O)(=O)CS(=O)(=O)OC. The summed E-state index contributed by atoms with van der Waals surface area (Å²) in [5.41, 5.74) is 0. The van der Waals surface area contributed by atoms with Crippen molar-refractivity contribution in [1.82, 2.24) is 0 Å². The van der Waals surface area contributed by atoms with Gasteiger partial charge in [-0.3, -0.25) is 17.5 Å². The monoisotopic (exact) mass is 408 g/mol. The summed E-state index contributed by atoms with van der Waals surface area (Å²) in [5.74, 6) is 0. The highest BCUT2D eigenvalue weighted by Gasteiger charge is 2.45. The number of hydrogen-bond donors (Lipinski definition) is 2. The van der Waals surface area contributed by atoms with Gasteiger partial charge in [-0.1, -0.05) is 0 Å². The van der Waals surface area contributed by atoms with Crippen LogP contribution in [-0.4, -0.2) is 66.2 Å². The maximum Gasteiger partial charge on any atom is 0.287 e. The van der Waals surface area contributed by atoms with Crippen molar-refractivity contribution in [3.63, 3.8) is 0 Å². The minimum Gasteiger partial charge on any atom is -0.284 e. The first kappa shape index (κ1) is 23.9. The molecule has 22 heavy (non-hydrogen) atoms. The third-order valence-electron chi connectivity index (χ3n) is 2.04. The highest BCUT2D eigenvalue weighted by atomic mass is 32.3. The quantitative estimate of drug-likeness (QED) is 0.377. The Hall–Kier alpha value is -0.360. The fraction of sp³-hybridized carbons (Fsp3) is 1.00. The highest BCUT2D eigenvalue weighted by Crippen LogP contribution is 2.20. The second-order valence-electron chi connectivity index (χ2n) is 3.92. The van der Waals surface area contributed by atoms with E-state index in [0.29, 0.717) is 13.8 Å². The maximum atomic E-state index is 10.5. The minimum atomic E-state index is -4.80. The van der Waals surface area contributed by atoms with E-state index in [0.717, 1.165) is 14.2 Å². The molecule has 0 atom stereocenters. The third-order valence-corrected chi connectivity index (χ3v) is 9.11. The predicted octanol–water partition coefficient (Wildman–Crippen LogP) is -1.61. The molecule has 0 aliphatic heterocycles. The van der Waals surface area contributed by atoms with Crippen LogP contribution in [-0.2, 0) is 48.8 Å². The van der Waals surface area contributed by atoms with E-state index in [-0.39, 0.29) is 0 Å². The molecule has 0 saturated heterocycles. The molecule has 2 N–H and O–H groups in total. The molecule has 136 valence electrons. The Labute approximate surface area is 129 Å².